The Hall–Kier alpha value is -10.1. The highest BCUT2D eigenvalue weighted by Crippen LogP contribution is 2.41. The molecule has 0 saturated carbocycles. The van der Waals surface area contributed by atoms with Crippen LogP contribution in [-0.2, 0) is 142 Å². The lowest BCUT2D eigenvalue weighted by Gasteiger charge is -2.51. The summed E-state index contributed by atoms with van der Waals surface area (Å²) in [7, 11) is 1.26. The lowest BCUT2D eigenvalue weighted by Crippen LogP contribution is -2.68. The zero-order chi connectivity index (χ0) is 80.9. The van der Waals surface area contributed by atoms with Gasteiger partial charge >= 0.3 is 23.9 Å². The molecule has 25 atom stereocenters. The van der Waals surface area contributed by atoms with Crippen LogP contribution in [0.2, 0.25) is 0 Å². The molecule has 5 aliphatic rings. The van der Waals surface area contributed by atoms with Crippen LogP contribution in [-0.4, -0.2) is 227 Å². The van der Waals surface area contributed by atoms with Gasteiger partial charge in [-0.2, -0.15) is 0 Å². The molecule has 5 aliphatic heterocycles. The average Bonchev–Trinajstić information content (AvgIpc) is 0.747. The van der Waals surface area contributed by atoms with E-state index in [-0.39, 0.29) is 46.2 Å². The molecule has 608 valence electrons. The van der Waals surface area contributed by atoms with E-state index in [2.05, 4.69) is 50.1 Å². The van der Waals surface area contributed by atoms with Crippen LogP contribution in [0.4, 0.5) is 0 Å². The molecule has 114 heavy (non-hydrogen) atoms. The highest BCUT2D eigenvalue weighted by atomic mass is 16.8. The Balaban J connectivity index is 1.04. The summed E-state index contributed by atoms with van der Waals surface area (Å²) in [6, 6.07) is 35.7. The van der Waals surface area contributed by atoms with Crippen molar-refractivity contribution in [1.29, 1.82) is 0 Å². The first-order valence-corrected chi connectivity index (χ1v) is 36.2. The van der Waals surface area contributed by atoms with Crippen molar-refractivity contribution in [3.05, 3.63) is 232 Å². The van der Waals surface area contributed by atoms with Crippen LogP contribution in [0, 0.1) is 0 Å². The lowest BCUT2D eigenvalue weighted by atomic mass is 9.93. The standard InChI is InChI=1S/C74H87N15O25/c1-41(90)102-66-56(81-86-76)70(96-5)107-51(37-98-32-46-23-13-7-14-24-46)62(66)112-72-58(83-88-78)68(104-43(3)92)64(53(109-72)39-100-34-48-27-17-9-18-28-48)114-74-59(84-89-79)69(105-44(4)93)65(54(110-74)40-101-35-49-29-19-10-20-30-49)113-73-57(82-87-77)67(103-42(2)91)63(52(108-73)38-99-33-47-25-15-8-16-26-47)111-71-55(80-85-75)61(95)60(94)50(106-71)36-97-31-45-21-11-6-12-22-45/h6-30,50-74,94-95H,31-40H2,1-5H3/t50-,51-,52-,53-,54-,55-,56-,57-,58-,59-,60+,61-,62+,63+,64+,65+,66-,67-,68-,69-,70+,71-,72-,73-,74-/m1/s1. The van der Waals surface area contributed by atoms with E-state index >= 15 is 0 Å². The van der Waals surface area contributed by atoms with Gasteiger partial charge in [-0.25, -0.2) is 0 Å². The number of hydrogen-bond donors (Lipinski definition) is 2. The van der Waals surface area contributed by atoms with Gasteiger partial charge in [0.15, 0.2) is 31.5 Å². The van der Waals surface area contributed by atoms with Crippen LogP contribution in [0.1, 0.15) is 55.5 Å². The van der Waals surface area contributed by atoms with Crippen molar-refractivity contribution in [3.8, 4) is 0 Å². The van der Waals surface area contributed by atoms with Gasteiger partial charge in [-0.1, -0.05) is 177 Å². The van der Waals surface area contributed by atoms with Crippen molar-refractivity contribution in [1.82, 2.24) is 0 Å². The summed E-state index contributed by atoms with van der Waals surface area (Å²) in [6.45, 7) is 1.71. The van der Waals surface area contributed by atoms with Crippen molar-refractivity contribution in [3.63, 3.8) is 0 Å². The minimum absolute atomic E-state index is 0.0282. The highest BCUT2D eigenvalue weighted by Gasteiger charge is 2.60. The van der Waals surface area contributed by atoms with Gasteiger partial charge in [0.05, 0.1) is 72.2 Å². The number of carbonyl (C=O) groups excluding carboxylic acids is 4. The van der Waals surface area contributed by atoms with E-state index in [1.54, 1.807) is 127 Å². The van der Waals surface area contributed by atoms with E-state index in [0.717, 1.165) is 38.8 Å². The fourth-order valence-corrected chi connectivity index (χ4v) is 13.6. The summed E-state index contributed by atoms with van der Waals surface area (Å²) in [5, 5.41) is 43.0. The monoisotopic (exact) mass is 1590 g/mol. The Labute approximate surface area is 652 Å². The zero-order valence-electron chi connectivity index (χ0n) is 62.4. The number of benzene rings is 5. The average molecular weight is 1590 g/mol. The van der Waals surface area contributed by atoms with Gasteiger partial charge in [-0.3, -0.25) is 19.2 Å². The summed E-state index contributed by atoms with van der Waals surface area (Å²) in [5.74, 6) is -3.89. The smallest absolute Gasteiger partial charge is 0.303 e. The largest absolute Gasteiger partial charge is 0.459 e. The molecule has 5 aromatic rings. The maximum Gasteiger partial charge on any atom is 0.303 e. The quantitative estimate of drug-likeness (QED) is 0.0122. The third-order valence-corrected chi connectivity index (χ3v) is 18.6. The van der Waals surface area contributed by atoms with Crippen LogP contribution in [0.15, 0.2) is 177 Å². The topological polar surface area (TPSA) is 528 Å². The number of ether oxygens (including phenoxy) is 19. The third-order valence-electron chi connectivity index (χ3n) is 18.6. The Bertz CT molecular complexity index is 4140. The molecule has 0 bridgehead atoms. The summed E-state index contributed by atoms with van der Waals surface area (Å²) >= 11 is 0. The van der Waals surface area contributed by atoms with Crippen LogP contribution in [0.3, 0.4) is 0 Å². The number of methoxy groups -OCH3 is 1. The highest BCUT2D eigenvalue weighted by molar-refractivity contribution is 5.67. The molecule has 0 aliphatic carbocycles. The Morgan fingerprint density at radius 3 is 0.763 bits per heavy atom. The van der Waals surface area contributed by atoms with Gasteiger partial charge in [0, 0.05) is 59.4 Å². The van der Waals surface area contributed by atoms with E-state index < -0.39 is 197 Å². The van der Waals surface area contributed by atoms with Gasteiger partial charge in [0.1, 0.15) is 116 Å². The van der Waals surface area contributed by atoms with Crippen molar-refractivity contribution in [2.24, 2.45) is 25.6 Å². The number of aliphatic hydroxyl groups excluding tert-OH is 2. The molecule has 10 rings (SSSR count). The maximum absolute atomic E-state index is 13.9. The molecule has 5 saturated heterocycles. The summed E-state index contributed by atoms with van der Waals surface area (Å²) in [5.41, 5.74) is 55.1. The summed E-state index contributed by atoms with van der Waals surface area (Å²) in [6.07, 6.45) is -34.3. The maximum atomic E-state index is 13.9. The predicted octanol–water partition coefficient (Wildman–Crippen LogP) is 8.73. The second-order valence-corrected chi connectivity index (χ2v) is 26.6. The van der Waals surface area contributed by atoms with Gasteiger partial charge in [-0.05, 0) is 55.5 Å². The Morgan fingerprint density at radius 1 is 0.316 bits per heavy atom. The molecule has 0 unspecified atom stereocenters. The van der Waals surface area contributed by atoms with Gasteiger partial charge < -0.3 is 100 Å². The van der Waals surface area contributed by atoms with Crippen LogP contribution in [0.25, 0.3) is 52.2 Å². The number of hydrogen-bond acceptors (Lipinski definition) is 30. The molecule has 5 aromatic carbocycles. The molecule has 0 aromatic heterocycles. The summed E-state index contributed by atoms with van der Waals surface area (Å²) in [4.78, 5) is 69.7. The second kappa shape index (κ2) is 43.9. The number of carbonyl (C=O) groups is 4. The number of nitrogens with zero attached hydrogens (tertiary/aromatic N) is 15. The normalized spacial score (nSPS) is 31.2. The van der Waals surface area contributed by atoms with E-state index in [4.69, 9.17) is 90.0 Å². The van der Waals surface area contributed by atoms with Crippen LogP contribution in [0.5, 0.6) is 0 Å². The number of esters is 4. The fraction of sp³-hybridized carbons (Fsp3) is 0.541. The molecule has 40 nitrogen and oxygen atoms in total. The third kappa shape index (κ3) is 23.7. The van der Waals surface area contributed by atoms with E-state index in [9.17, 15) is 57.0 Å². The predicted molar refractivity (Wildman–Crippen MR) is 389 cm³/mol. The molecule has 0 radical (unpaired) electrons. The first-order valence-electron chi connectivity index (χ1n) is 36.2. The van der Waals surface area contributed by atoms with Crippen molar-refractivity contribution in [2.75, 3.05) is 40.1 Å². The van der Waals surface area contributed by atoms with E-state index in [0.29, 0.717) is 16.7 Å². The van der Waals surface area contributed by atoms with Crippen molar-refractivity contribution in [2.45, 2.75) is 214 Å². The minimum Gasteiger partial charge on any atom is -0.459 e. The Morgan fingerprint density at radius 2 is 0.526 bits per heavy atom. The Kier molecular flexibility index (Phi) is 33.2. The summed E-state index contributed by atoms with van der Waals surface area (Å²) < 4.78 is 122. The number of rotatable bonds is 38. The molecular weight excluding hydrogens is 1500 g/mol. The SMILES string of the molecule is CO[C@H]1O[C@H](COCc2ccccc2)[C@H](O[C@H]2O[C@H](COCc3ccccc3)[C@H](O[C@H]3O[C@H](COCc4ccccc4)[C@H](O[C@H]4O[C@H](COCc5ccccc5)[C@H](O[C@H]5O[C@H](COCc6ccccc6)[C@H](O)[C@H](O)[C@H]5N=[N+]=[N-])[C@H](OC(C)=O)[C@H]4N=[N+]=[N-])[C@H](OC(C)=O)[C@H]3N=[N+]=[N-])[C@H](OC(C)=O)[C@H]2N=[N+]=[N-])[C@H](OC(C)=O)[C@H]1N=[N+]=[N-]. The lowest BCUT2D eigenvalue weighted by molar-refractivity contribution is -0.366. The molecule has 2 N–H and O–H groups in total. The van der Waals surface area contributed by atoms with Crippen LogP contribution < -0.4 is 0 Å². The molecule has 5 heterocycles. The van der Waals surface area contributed by atoms with Gasteiger partial charge in [0.2, 0.25) is 0 Å². The molecular formula is C74H87N15O25. The first-order chi connectivity index (χ1) is 55.4. The molecule has 40 heteroatoms. The second-order valence-electron chi connectivity index (χ2n) is 26.6. The molecule has 0 amide bonds. The van der Waals surface area contributed by atoms with Crippen molar-refractivity contribution < 1.29 is 119 Å². The minimum atomic E-state index is -2.02. The fourth-order valence-electron chi connectivity index (χ4n) is 13.6. The van der Waals surface area contributed by atoms with E-state index in [1.807, 2.05) is 24.3 Å². The number of aliphatic hydroxyl groups is 2. The molecule has 0 spiro atoms. The van der Waals surface area contributed by atoms with E-state index in [1.165, 1.54) is 7.11 Å². The van der Waals surface area contributed by atoms with Crippen LogP contribution >= 0.6 is 0 Å². The first kappa shape index (κ1) is 86.3. The number of azide groups is 5. The van der Waals surface area contributed by atoms with Gasteiger partial charge in [-0.15, -0.1) is 0 Å². The zero-order valence-corrected chi connectivity index (χ0v) is 62.4. The molecule has 5 fully saturated rings. The van der Waals surface area contributed by atoms with Crippen molar-refractivity contribution >= 4 is 23.9 Å². The van der Waals surface area contributed by atoms with Gasteiger partial charge in [0.25, 0.3) is 0 Å².